The zero-order chi connectivity index (χ0) is 11.4. The van der Waals surface area contributed by atoms with E-state index in [1.807, 2.05) is 0 Å². The van der Waals surface area contributed by atoms with E-state index in [-0.39, 0.29) is 12.3 Å². The summed E-state index contributed by atoms with van der Waals surface area (Å²) in [5, 5.41) is 19.5. The Morgan fingerprint density at radius 2 is 2.27 bits per heavy atom. The molecule has 0 heterocycles. The molecule has 1 unspecified atom stereocenters. The van der Waals surface area contributed by atoms with Gasteiger partial charge in [-0.25, -0.2) is 0 Å². The van der Waals surface area contributed by atoms with Gasteiger partial charge in [-0.1, -0.05) is 6.92 Å². The van der Waals surface area contributed by atoms with Crippen molar-refractivity contribution in [1.82, 2.24) is 0 Å². The lowest BCUT2D eigenvalue weighted by atomic mass is 9.96. The van der Waals surface area contributed by atoms with Gasteiger partial charge in [0.1, 0.15) is 6.29 Å². The number of benzene rings is 1. The summed E-state index contributed by atoms with van der Waals surface area (Å²) in [5.74, 6) is -0.452. The van der Waals surface area contributed by atoms with Gasteiger partial charge in [0.2, 0.25) is 0 Å². The molecule has 1 atom stereocenters. The minimum atomic E-state index is -0.526. The molecule has 0 fully saturated rings. The largest absolute Gasteiger partial charge is 0.392 e. The quantitative estimate of drug-likeness (QED) is 0.461. The van der Waals surface area contributed by atoms with E-state index in [1.54, 1.807) is 6.92 Å². The number of aliphatic hydroxyl groups excluding tert-OH is 1. The topological polar surface area (TPSA) is 80.4 Å². The number of carbonyl (C=O) groups excluding carboxylic acids is 1. The lowest BCUT2D eigenvalue weighted by Gasteiger charge is -2.09. The van der Waals surface area contributed by atoms with Crippen LogP contribution in [0.5, 0.6) is 0 Å². The molecule has 0 saturated carbocycles. The molecule has 1 rings (SSSR count). The number of nitrogens with zero attached hydrogens (tertiary/aromatic N) is 1. The van der Waals surface area contributed by atoms with Crippen LogP contribution in [0.2, 0.25) is 0 Å². The third kappa shape index (κ3) is 2.38. The second-order valence-electron chi connectivity index (χ2n) is 3.22. The highest BCUT2D eigenvalue weighted by Gasteiger charge is 2.14. The van der Waals surface area contributed by atoms with Gasteiger partial charge in [0.15, 0.2) is 0 Å². The fourth-order valence-electron chi connectivity index (χ4n) is 1.34. The fourth-order valence-corrected chi connectivity index (χ4v) is 1.34. The molecule has 0 radical (unpaired) electrons. The number of aliphatic hydroxyl groups is 1. The molecule has 1 aromatic rings. The normalized spacial score (nSPS) is 12.1. The molecule has 1 aromatic carbocycles. The van der Waals surface area contributed by atoms with E-state index in [0.29, 0.717) is 17.4 Å². The molecular weight excluding hydrogens is 198 g/mol. The molecule has 0 aliphatic heterocycles. The van der Waals surface area contributed by atoms with E-state index < -0.39 is 10.8 Å². The average Bonchev–Trinajstić information content (AvgIpc) is 2.27. The van der Waals surface area contributed by atoms with Gasteiger partial charge in [-0.3, -0.25) is 10.1 Å². The van der Waals surface area contributed by atoms with Crippen LogP contribution < -0.4 is 0 Å². The highest BCUT2D eigenvalue weighted by Crippen LogP contribution is 2.23. The number of rotatable bonds is 4. The molecule has 0 saturated heterocycles. The molecule has 0 aromatic heterocycles. The number of carbonyl (C=O) groups is 1. The summed E-state index contributed by atoms with van der Waals surface area (Å²) >= 11 is 0. The van der Waals surface area contributed by atoms with Crippen LogP contribution in [-0.4, -0.2) is 16.3 Å². The fraction of sp³-hybridized carbons (Fsp3) is 0.300. The number of nitro benzene ring substituents is 1. The minimum Gasteiger partial charge on any atom is -0.392 e. The molecule has 0 spiro atoms. The molecule has 1 N–H and O–H groups in total. The van der Waals surface area contributed by atoms with Gasteiger partial charge in [-0.15, -0.1) is 0 Å². The molecule has 80 valence electrons. The van der Waals surface area contributed by atoms with Crippen molar-refractivity contribution in [3.8, 4) is 0 Å². The predicted molar refractivity (Wildman–Crippen MR) is 53.5 cm³/mol. The van der Waals surface area contributed by atoms with Crippen molar-refractivity contribution in [3.63, 3.8) is 0 Å². The Kier molecular flexibility index (Phi) is 3.51. The van der Waals surface area contributed by atoms with Gasteiger partial charge in [-0.2, -0.15) is 0 Å². The Hall–Kier alpha value is -1.75. The third-order valence-electron chi connectivity index (χ3n) is 2.21. The number of nitro groups is 1. The summed E-state index contributed by atoms with van der Waals surface area (Å²) in [4.78, 5) is 20.6. The zero-order valence-corrected chi connectivity index (χ0v) is 8.21. The smallest absolute Gasteiger partial charge is 0.269 e. The van der Waals surface area contributed by atoms with Crippen molar-refractivity contribution < 1.29 is 14.8 Å². The first-order valence-electron chi connectivity index (χ1n) is 4.43. The van der Waals surface area contributed by atoms with Gasteiger partial charge < -0.3 is 9.90 Å². The first-order chi connectivity index (χ1) is 7.10. The highest BCUT2D eigenvalue weighted by atomic mass is 16.6. The molecule has 15 heavy (non-hydrogen) atoms. The van der Waals surface area contributed by atoms with E-state index in [1.165, 1.54) is 18.2 Å². The molecule has 5 heteroatoms. The number of non-ortho nitro benzene ring substituents is 1. The Labute approximate surface area is 86.5 Å². The van der Waals surface area contributed by atoms with E-state index in [9.17, 15) is 14.9 Å². The third-order valence-corrected chi connectivity index (χ3v) is 2.21. The van der Waals surface area contributed by atoms with Crippen molar-refractivity contribution in [2.45, 2.75) is 19.4 Å². The predicted octanol–water partition coefficient (Wildman–Crippen LogP) is 1.39. The lowest BCUT2D eigenvalue weighted by molar-refractivity contribution is -0.384. The molecule has 0 amide bonds. The van der Waals surface area contributed by atoms with Gasteiger partial charge in [0.05, 0.1) is 11.5 Å². The van der Waals surface area contributed by atoms with Gasteiger partial charge in [0.25, 0.3) is 5.69 Å². The summed E-state index contributed by atoms with van der Waals surface area (Å²) < 4.78 is 0. The molecule has 0 aliphatic carbocycles. The van der Waals surface area contributed by atoms with Crippen LogP contribution in [0.3, 0.4) is 0 Å². The lowest BCUT2D eigenvalue weighted by Crippen LogP contribution is -2.02. The van der Waals surface area contributed by atoms with E-state index in [4.69, 9.17) is 5.11 Å². The van der Waals surface area contributed by atoms with Gasteiger partial charge in [0, 0.05) is 18.1 Å². The molecule has 5 nitrogen and oxygen atoms in total. The van der Waals surface area contributed by atoms with Gasteiger partial charge in [-0.05, 0) is 17.2 Å². The van der Waals surface area contributed by atoms with Gasteiger partial charge >= 0.3 is 0 Å². The minimum absolute atomic E-state index is 0.0732. The maximum absolute atomic E-state index is 10.6. The Bertz CT molecular complexity index is 389. The van der Waals surface area contributed by atoms with Crippen molar-refractivity contribution in [3.05, 3.63) is 39.4 Å². The standard InChI is InChI=1S/C10H11NO4/c1-7(5-12)10-4-9(11(14)15)3-2-8(10)6-13/h2-5,7,13H,6H2,1H3. The van der Waals surface area contributed by atoms with Crippen LogP contribution in [0.4, 0.5) is 5.69 Å². The second-order valence-corrected chi connectivity index (χ2v) is 3.22. The number of aldehydes is 1. The molecule has 0 bridgehead atoms. The Balaban J connectivity index is 3.24. The maximum Gasteiger partial charge on any atom is 0.269 e. The van der Waals surface area contributed by atoms with E-state index in [0.717, 1.165) is 0 Å². The zero-order valence-electron chi connectivity index (χ0n) is 8.21. The van der Waals surface area contributed by atoms with Crippen molar-refractivity contribution in [2.75, 3.05) is 0 Å². The van der Waals surface area contributed by atoms with Crippen LogP contribution >= 0.6 is 0 Å². The summed E-state index contributed by atoms with van der Waals surface area (Å²) in [6.45, 7) is 1.40. The van der Waals surface area contributed by atoms with Crippen LogP contribution in [0.15, 0.2) is 18.2 Å². The summed E-state index contributed by atoms with van der Waals surface area (Å²) in [6.07, 6.45) is 0.693. The van der Waals surface area contributed by atoms with Crippen LogP contribution in [-0.2, 0) is 11.4 Å². The first kappa shape index (κ1) is 11.3. The Morgan fingerprint density at radius 1 is 1.60 bits per heavy atom. The van der Waals surface area contributed by atoms with Crippen LogP contribution in [0.25, 0.3) is 0 Å². The molecular formula is C10H11NO4. The monoisotopic (exact) mass is 209 g/mol. The van der Waals surface area contributed by atoms with Crippen molar-refractivity contribution in [1.29, 1.82) is 0 Å². The maximum atomic E-state index is 10.6. The SMILES string of the molecule is CC(C=O)c1cc([N+](=O)[O-])ccc1CO. The average molecular weight is 209 g/mol. The van der Waals surface area contributed by atoms with Crippen molar-refractivity contribution in [2.24, 2.45) is 0 Å². The highest BCUT2D eigenvalue weighted by molar-refractivity contribution is 5.63. The van der Waals surface area contributed by atoms with Crippen LogP contribution in [0, 0.1) is 10.1 Å². The van der Waals surface area contributed by atoms with E-state index >= 15 is 0 Å². The first-order valence-corrected chi connectivity index (χ1v) is 4.43. The molecule has 0 aliphatic rings. The van der Waals surface area contributed by atoms with Crippen molar-refractivity contribution >= 4 is 12.0 Å². The van der Waals surface area contributed by atoms with E-state index in [2.05, 4.69) is 0 Å². The van der Waals surface area contributed by atoms with Crippen LogP contribution in [0.1, 0.15) is 24.0 Å². The summed E-state index contributed by atoms with van der Waals surface area (Å²) in [6, 6.07) is 4.10. The second kappa shape index (κ2) is 4.65. The Morgan fingerprint density at radius 3 is 2.73 bits per heavy atom. The number of hydrogen-bond acceptors (Lipinski definition) is 4. The number of hydrogen-bond donors (Lipinski definition) is 1. The summed E-state index contributed by atoms with van der Waals surface area (Å²) in [5.41, 5.74) is 0.970. The summed E-state index contributed by atoms with van der Waals surface area (Å²) in [7, 11) is 0.